The highest BCUT2D eigenvalue weighted by Crippen LogP contribution is 2.17. The van der Waals surface area contributed by atoms with E-state index in [-0.39, 0.29) is 5.56 Å². The number of methoxy groups -OCH3 is 1. The van der Waals surface area contributed by atoms with Crippen molar-refractivity contribution in [2.24, 2.45) is 0 Å². The Morgan fingerprint density at radius 1 is 1.38 bits per heavy atom. The number of aryl methyl sites for hydroxylation is 1. The van der Waals surface area contributed by atoms with Gasteiger partial charge in [0.05, 0.1) is 12.8 Å². The average molecular weight is 286 g/mol. The summed E-state index contributed by atoms with van der Waals surface area (Å²) < 4.78 is 5.18. The number of hydrogen-bond donors (Lipinski definition) is 2. The summed E-state index contributed by atoms with van der Waals surface area (Å²) in [5, 5.41) is 12.3. The molecule has 0 saturated carbocycles. The van der Waals surface area contributed by atoms with Gasteiger partial charge < -0.3 is 15.2 Å². The van der Waals surface area contributed by atoms with E-state index in [4.69, 9.17) is 9.84 Å². The Labute approximate surface area is 123 Å². The minimum Gasteiger partial charge on any atom is -0.497 e. The van der Waals surface area contributed by atoms with Gasteiger partial charge in [-0.2, -0.15) is 0 Å². The number of hydrogen-bond acceptors (Lipinski definition) is 4. The quantitative estimate of drug-likeness (QED) is 0.854. The molecule has 0 saturated heterocycles. The van der Waals surface area contributed by atoms with Crippen molar-refractivity contribution in [2.45, 2.75) is 13.3 Å². The highest BCUT2D eigenvalue weighted by atomic mass is 16.5. The smallest absolute Gasteiger partial charge is 0.339 e. The molecule has 5 heteroatoms. The molecule has 1 heterocycles. The van der Waals surface area contributed by atoms with E-state index in [1.54, 1.807) is 13.2 Å². The van der Waals surface area contributed by atoms with Crippen LogP contribution in [0.25, 0.3) is 0 Å². The number of anilines is 1. The SMILES string of the molecule is COc1cccc(CCNc2cc(C)ncc2C(=O)O)c1. The van der Waals surface area contributed by atoms with E-state index < -0.39 is 5.97 Å². The third-order valence-corrected chi connectivity index (χ3v) is 3.13. The van der Waals surface area contributed by atoms with Gasteiger partial charge in [0.1, 0.15) is 11.3 Å². The standard InChI is InChI=1S/C16H18N2O3/c1-11-8-15(14(10-18-11)16(19)20)17-7-6-12-4-3-5-13(9-12)21-2/h3-5,8-10H,6-7H2,1-2H3,(H,17,18)(H,19,20). The van der Waals surface area contributed by atoms with Crippen molar-refractivity contribution < 1.29 is 14.6 Å². The molecule has 0 bridgehead atoms. The van der Waals surface area contributed by atoms with Crippen LogP contribution in [0.4, 0.5) is 5.69 Å². The van der Waals surface area contributed by atoms with Crippen LogP contribution in [-0.2, 0) is 6.42 Å². The Bertz CT molecular complexity index is 641. The first-order chi connectivity index (χ1) is 10.1. The molecule has 0 spiro atoms. The van der Waals surface area contributed by atoms with Crippen LogP contribution in [0.15, 0.2) is 36.5 Å². The molecule has 0 fully saturated rings. The van der Waals surface area contributed by atoms with E-state index in [1.165, 1.54) is 6.20 Å². The molecule has 0 atom stereocenters. The first kappa shape index (κ1) is 14.8. The fraction of sp³-hybridized carbons (Fsp3) is 0.250. The maximum Gasteiger partial charge on any atom is 0.339 e. The largest absolute Gasteiger partial charge is 0.497 e. The second kappa shape index (κ2) is 6.74. The molecule has 110 valence electrons. The second-order valence-corrected chi connectivity index (χ2v) is 4.70. The first-order valence-corrected chi connectivity index (χ1v) is 6.67. The lowest BCUT2D eigenvalue weighted by molar-refractivity contribution is 0.0697. The van der Waals surface area contributed by atoms with Crippen LogP contribution in [0.3, 0.4) is 0 Å². The molecule has 0 unspecified atom stereocenters. The summed E-state index contributed by atoms with van der Waals surface area (Å²) in [5.41, 5.74) is 2.69. The fourth-order valence-corrected chi connectivity index (χ4v) is 2.05. The number of aromatic carboxylic acids is 1. The van der Waals surface area contributed by atoms with Gasteiger partial charge in [-0.25, -0.2) is 4.79 Å². The second-order valence-electron chi connectivity index (χ2n) is 4.70. The number of nitrogens with zero attached hydrogens (tertiary/aromatic N) is 1. The molecule has 2 rings (SSSR count). The van der Waals surface area contributed by atoms with E-state index >= 15 is 0 Å². The Balaban J connectivity index is 2.03. The number of nitrogens with one attached hydrogen (secondary N) is 1. The van der Waals surface area contributed by atoms with Gasteiger partial charge in [-0.3, -0.25) is 4.98 Å². The predicted molar refractivity (Wildman–Crippen MR) is 81.1 cm³/mol. The molecule has 0 aliphatic carbocycles. The number of carboxylic acid groups (broad SMARTS) is 1. The number of carboxylic acids is 1. The Hall–Kier alpha value is -2.56. The van der Waals surface area contributed by atoms with Crippen molar-refractivity contribution in [3.63, 3.8) is 0 Å². The number of benzene rings is 1. The fourth-order valence-electron chi connectivity index (χ4n) is 2.05. The summed E-state index contributed by atoms with van der Waals surface area (Å²) >= 11 is 0. The van der Waals surface area contributed by atoms with Crippen molar-refractivity contribution in [3.05, 3.63) is 53.3 Å². The number of rotatable bonds is 6. The van der Waals surface area contributed by atoms with E-state index in [0.717, 1.165) is 23.4 Å². The van der Waals surface area contributed by atoms with E-state index in [1.807, 2.05) is 31.2 Å². The van der Waals surface area contributed by atoms with E-state index in [9.17, 15) is 4.79 Å². The van der Waals surface area contributed by atoms with Gasteiger partial charge in [0.15, 0.2) is 0 Å². The van der Waals surface area contributed by atoms with Crippen LogP contribution >= 0.6 is 0 Å². The third kappa shape index (κ3) is 3.95. The number of ether oxygens (including phenoxy) is 1. The zero-order chi connectivity index (χ0) is 15.2. The van der Waals surface area contributed by atoms with Crippen LogP contribution in [0.1, 0.15) is 21.6 Å². The maximum absolute atomic E-state index is 11.2. The summed E-state index contributed by atoms with van der Waals surface area (Å²) in [6.45, 7) is 2.47. The Morgan fingerprint density at radius 2 is 2.19 bits per heavy atom. The van der Waals surface area contributed by atoms with Crippen LogP contribution in [-0.4, -0.2) is 29.7 Å². The van der Waals surface area contributed by atoms with Crippen LogP contribution in [0.2, 0.25) is 0 Å². The van der Waals surface area contributed by atoms with Crippen molar-refractivity contribution in [2.75, 3.05) is 19.0 Å². The highest BCUT2D eigenvalue weighted by molar-refractivity contribution is 5.93. The molecule has 0 aliphatic rings. The Kier molecular flexibility index (Phi) is 4.77. The minimum absolute atomic E-state index is 0.186. The lowest BCUT2D eigenvalue weighted by Crippen LogP contribution is -2.10. The topological polar surface area (TPSA) is 71.5 Å². The van der Waals surface area contributed by atoms with Gasteiger partial charge in [0, 0.05) is 18.4 Å². The van der Waals surface area contributed by atoms with Gasteiger partial charge in [0.25, 0.3) is 0 Å². The molecule has 2 aromatic rings. The van der Waals surface area contributed by atoms with Gasteiger partial charge >= 0.3 is 5.97 Å². The maximum atomic E-state index is 11.2. The third-order valence-electron chi connectivity index (χ3n) is 3.13. The van der Waals surface area contributed by atoms with Crippen molar-refractivity contribution in [1.29, 1.82) is 0 Å². The molecule has 1 aromatic carbocycles. The summed E-state index contributed by atoms with van der Waals surface area (Å²) in [6, 6.07) is 9.56. The van der Waals surface area contributed by atoms with Crippen LogP contribution in [0.5, 0.6) is 5.75 Å². The van der Waals surface area contributed by atoms with Gasteiger partial charge in [-0.05, 0) is 37.1 Å². The normalized spacial score (nSPS) is 10.2. The molecule has 0 radical (unpaired) electrons. The summed E-state index contributed by atoms with van der Waals surface area (Å²) in [5.74, 6) is -0.162. The number of aromatic nitrogens is 1. The van der Waals surface area contributed by atoms with Gasteiger partial charge in [-0.1, -0.05) is 12.1 Å². The zero-order valence-electron chi connectivity index (χ0n) is 12.1. The van der Waals surface area contributed by atoms with Gasteiger partial charge in [-0.15, -0.1) is 0 Å². The van der Waals surface area contributed by atoms with Crippen molar-refractivity contribution >= 4 is 11.7 Å². The molecule has 5 nitrogen and oxygen atoms in total. The molecule has 21 heavy (non-hydrogen) atoms. The van der Waals surface area contributed by atoms with E-state index in [2.05, 4.69) is 10.3 Å². The van der Waals surface area contributed by atoms with Crippen molar-refractivity contribution in [1.82, 2.24) is 4.98 Å². The minimum atomic E-state index is -0.980. The monoisotopic (exact) mass is 286 g/mol. The van der Waals surface area contributed by atoms with Crippen LogP contribution < -0.4 is 10.1 Å². The first-order valence-electron chi connectivity index (χ1n) is 6.67. The molecule has 0 aliphatic heterocycles. The molecule has 1 aromatic heterocycles. The van der Waals surface area contributed by atoms with Gasteiger partial charge in [0.2, 0.25) is 0 Å². The molecular formula is C16H18N2O3. The number of pyridine rings is 1. The number of carbonyl (C=O) groups is 1. The van der Waals surface area contributed by atoms with E-state index in [0.29, 0.717) is 12.2 Å². The molecule has 2 N–H and O–H groups in total. The predicted octanol–water partition coefficient (Wildman–Crippen LogP) is 2.75. The van der Waals surface area contributed by atoms with Crippen molar-refractivity contribution in [3.8, 4) is 5.75 Å². The summed E-state index contributed by atoms with van der Waals surface area (Å²) in [6.07, 6.45) is 2.16. The zero-order valence-corrected chi connectivity index (χ0v) is 12.1. The lowest BCUT2D eigenvalue weighted by atomic mass is 10.1. The lowest BCUT2D eigenvalue weighted by Gasteiger charge is -2.10. The summed E-state index contributed by atoms with van der Waals surface area (Å²) in [4.78, 5) is 15.2. The molecule has 0 amide bonds. The average Bonchev–Trinajstić information content (AvgIpc) is 2.47. The summed E-state index contributed by atoms with van der Waals surface area (Å²) in [7, 11) is 1.64. The molecular weight excluding hydrogens is 268 g/mol. The Morgan fingerprint density at radius 3 is 2.90 bits per heavy atom. The highest BCUT2D eigenvalue weighted by Gasteiger charge is 2.10. The van der Waals surface area contributed by atoms with Crippen LogP contribution in [0, 0.1) is 6.92 Å².